The molecule has 0 saturated carbocycles. The SMILES string of the molecule is COc1ccc(OC)c(C(=O)NC(C)c2ccccc2C)c1. The van der Waals surface area contributed by atoms with Gasteiger partial charge in [-0.2, -0.15) is 0 Å². The lowest BCUT2D eigenvalue weighted by atomic mass is 10.0. The van der Waals surface area contributed by atoms with Crippen LogP contribution in [-0.4, -0.2) is 20.1 Å². The summed E-state index contributed by atoms with van der Waals surface area (Å²) < 4.78 is 10.4. The van der Waals surface area contributed by atoms with Crippen molar-refractivity contribution in [2.75, 3.05) is 14.2 Å². The lowest BCUT2D eigenvalue weighted by Crippen LogP contribution is -2.27. The van der Waals surface area contributed by atoms with Gasteiger partial charge in [0.25, 0.3) is 5.91 Å². The lowest BCUT2D eigenvalue weighted by molar-refractivity contribution is 0.0936. The number of nitrogens with one attached hydrogen (secondary N) is 1. The molecule has 0 aromatic heterocycles. The van der Waals surface area contributed by atoms with Crippen molar-refractivity contribution in [2.24, 2.45) is 0 Å². The summed E-state index contributed by atoms with van der Waals surface area (Å²) in [6, 6.07) is 13.1. The lowest BCUT2D eigenvalue weighted by Gasteiger charge is -2.18. The minimum absolute atomic E-state index is 0.0930. The van der Waals surface area contributed by atoms with Crippen LogP contribution in [0.5, 0.6) is 11.5 Å². The van der Waals surface area contributed by atoms with E-state index in [2.05, 4.69) is 5.32 Å². The van der Waals surface area contributed by atoms with E-state index in [-0.39, 0.29) is 11.9 Å². The third-order valence-corrected chi connectivity index (χ3v) is 3.65. The molecule has 4 nitrogen and oxygen atoms in total. The third-order valence-electron chi connectivity index (χ3n) is 3.65. The van der Waals surface area contributed by atoms with Gasteiger partial charge in [-0.25, -0.2) is 0 Å². The molecule has 1 N–H and O–H groups in total. The first-order valence-electron chi connectivity index (χ1n) is 7.15. The maximum atomic E-state index is 12.5. The molecule has 0 aliphatic heterocycles. The first-order chi connectivity index (χ1) is 10.6. The maximum Gasteiger partial charge on any atom is 0.255 e. The van der Waals surface area contributed by atoms with Crippen molar-refractivity contribution in [3.63, 3.8) is 0 Å². The van der Waals surface area contributed by atoms with E-state index in [1.54, 1.807) is 32.4 Å². The van der Waals surface area contributed by atoms with Crippen molar-refractivity contribution in [1.29, 1.82) is 0 Å². The Hall–Kier alpha value is -2.49. The second-order valence-corrected chi connectivity index (χ2v) is 5.12. The number of aryl methyl sites for hydroxylation is 1. The minimum atomic E-state index is -0.188. The molecule has 0 radical (unpaired) electrons. The molecule has 2 aromatic rings. The molecule has 0 aliphatic rings. The van der Waals surface area contributed by atoms with E-state index in [1.165, 1.54) is 0 Å². The van der Waals surface area contributed by atoms with Gasteiger partial charge in [-0.1, -0.05) is 24.3 Å². The molecular weight excluding hydrogens is 278 g/mol. The molecule has 116 valence electrons. The average molecular weight is 299 g/mol. The number of carbonyl (C=O) groups excluding carboxylic acids is 1. The van der Waals surface area contributed by atoms with Crippen LogP contribution in [0.3, 0.4) is 0 Å². The number of ether oxygens (including phenoxy) is 2. The molecule has 1 unspecified atom stereocenters. The Labute approximate surface area is 131 Å². The monoisotopic (exact) mass is 299 g/mol. The number of benzene rings is 2. The van der Waals surface area contributed by atoms with E-state index < -0.39 is 0 Å². The zero-order chi connectivity index (χ0) is 16.1. The Balaban J connectivity index is 2.23. The van der Waals surface area contributed by atoms with Gasteiger partial charge in [0, 0.05) is 0 Å². The summed E-state index contributed by atoms with van der Waals surface area (Å²) in [5.41, 5.74) is 2.70. The quantitative estimate of drug-likeness (QED) is 0.919. The first kappa shape index (κ1) is 15.9. The summed E-state index contributed by atoms with van der Waals surface area (Å²) >= 11 is 0. The summed E-state index contributed by atoms with van der Waals surface area (Å²) in [5, 5.41) is 3.00. The molecule has 2 rings (SSSR count). The number of methoxy groups -OCH3 is 2. The van der Waals surface area contributed by atoms with E-state index in [0.717, 1.165) is 11.1 Å². The van der Waals surface area contributed by atoms with Crippen LogP contribution in [0.4, 0.5) is 0 Å². The molecule has 1 atom stereocenters. The number of amides is 1. The summed E-state index contributed by atoms with van der Waals surface area (Å²) in [6.45, 7) is 4.00. The zero-order valence-corrected chi connectivity index (χ0v) is 13.3. The standard InChI is InChI=1S/C18H21NO3/c1-12-7-5-6-8-15(12)13(2)19-18(20)16-11-14(21-3)9-10-17(16)22-4/h5-11,13H,1-4H3,(H,19,20). The summed E-state index contributed by atoms with van der Waals surface area (Å²) in [4.78, 5) is 12.5. The summed E-state index contributed by atoms with van der Waals surface area (Å²) in [6.07, 6.45) is 0. The van der Waals surface area contributed by atoms with Crippen LogP contribution in [-0.2, 0) is 0 Å². The zero-order valence-electron chi connectivity index (χ0n) is 13.3. The van der Waals surface area contributed by atoms with Gasteiger partial charge in [-0.3, -0.25) is 4.79 Å². The van der Waals surface area contributed by atoms with Gasteiger partial charge >= 0.3 is 0 Å². The van der Waals surface area contributed by atoms with Crippen molar-refractivity contribution in [2.45, 2.75) is 19.9 Å². The van der Waals surface area contributed by atoms with Crippen molar-refractivity contribution < 1.29 is 14.3 Å². The predicted octanol–water partition coefficient (Wildman–Crippen LogP) is 3.50. The molecular formula is C18H21NO3. The molecule has 0 saturated heterocycles. The van der Waals surface area contributed by atoms with Gasteiger partial charge in [0.2, 0.25) is 0 Å². The largest absolute Gasteiger partial charge is 0.497 e. The predicted molar refractivity (Wildman–Crippen MR) is 86.6 cm³/mol. The number of hydrogen-bond donors (Lipinski definition) is 1. The third kappa shape index (κ3) is 3.39. The molecule has 22 heavy (non-hydrogen) atoms. The molecule has 4 heteroatoms. The van der Waals surface area contributed by atoms with E-state index in [9.17, 15) is 4.79 Å². The van der Waals surface area contributed by atoms with Crippen molar-refractivity contribution in [1.82, 2.24) is 5.32 Å². The summed E-state index contributed by atoms with van der Waals surface area (Å²) in [5.74, 6) is 0.955. The Morgan fingerprint density at radius 3 is 2.45 bits per heavy atom. The normalized spacial score (nSPS) is 11.6. The average Bonchev–Trinajstić information content (AvgIpc) is 2.54. The van der Waals surface area contributed by atoms with E-state index in [1.807, 2.05) is 38.1 Å². The highest BCUT2D eigenvalue weighted by Crippen LogP contribution is 2.25. The second-order valence-electron chi connectivity index (χ2n) is 5.12. The smallest absolute Gasteiger partial charge is 0.255 e. The first-order valence-corrected chi connectivity index (χ1v) is 7.15. The van der Waals surface area contributed by atoms with Gasteiger partial charge in [-0.05, 0) is 43.2 Å². The van der Waals surface area contributed by atoms with E-state index >= 15 is 0 Å². The van der Waals surface area contributed by atoms with Crippen LogP contribution < -0.4 is 14.8 Å². The fraction of sp³-hybridized carbons (Fsp3) is 0.278. The fourth-order valence-electron chi connectivity index (χ4n) is 2.42. The Kier molecular flexibility index (Phi) is 5.04. The number of carbonyl (C=O) groups is 1. The molecule has 0 fully saturated rings. The molecule has 1 amide bonds. The van der Waals surface area contributed by atoms with Gasteiger partial charge in [0.05, 0.1) is 25.8 Å². The Morgan fingerprint density at radius 1 is 1.09 bits per heavy atom. The Morgan fingerprint density at radius 2 is 1.82 bits per heavy atom. The fourth-order valence-corrected chi connectivity index (χ4v) is 2.42. The van der Waals surface area contributed by atoms with E-state index in [0.29, 0.717) is 17.1 Å². The Bertz CT molecular complexity index is 667. The highest BCUT2D eigenvalue weighted by molar-refractivity contribution is 5.97. The topological polar surface area (TPSA) is 47.6 Å². The van der Waals surface area contributed by atoms with Crippen LogP contribution in [0, 0.1) is 6.92 Å². The number of rotatable bonds is 5. The van der Waals surface area contributed by atoms with Crippen LogP contribution in [0.2, 0.25) is 0 Å². The molecule has 0 heterocycles. The molecule has 0 spiro atoms. The van der Waals surface area contributed by atoms with Crippen molar-refractivity contribution in [3.05, 3.63) is 59.2 Å². The molecule has 0 bridgehead atoms. The van der Waals surface area contributed by atoms with Crippen LogP contribution in [0.1, 0.15) is 34.5 Å². The van der Waals surface area contributed by atoms with Crippen molar-refractivity contribution >= 4 is 5.91 Å². The van der Waals surface area contributed by atoms with Gasteiger partial charge in [0.1, 0.15) is 11.5 Å². The summed E-state index contributed by atoms with van der Waals surface area (Å²) in [7, 11) is 3.11. The van der Waals surface area contributed by atoms with Crippen LogP contribution >= 0.6 is 0 Å². The van der Waals surface area contributed by atoms with Crippen LogP contribution in [0.15, 0.2) is 42.5 Å². The van der Waals surface area contributed by atoms with Crippen LogP contribution in [0.25, 0.3) is 0 Å². The minimum Gasteiger partial charge on any atom is -0.497 e. The van der Waals surface area contributed by atoms with Gasteiger partial charge in [0.15, 0.2) is 0 Å². The maximum absolute atomic E-state index is 12.5. The molecule has 0 aliphatic carbocycles. The van der Waals surface area contributed by atoms with Gasteiger partial charge in [-0.15, -0.1) is 0 Å². The highest BCUT2D eigenvalue weighted by atomic mass is 16.5. The van der Waals surface area contributed by atoms with E-state index in [4.69, 9.17) is 9.47 Å². The van der Waals surface area contributed by atoms with Gasteiger partial charge < -0.3 is 14.8 Å². The van der Waals surface area contributed by atoms with Crippen molar-refractivity contribution in [3.8, 4) is 11.5 Å². The molecule has 2 aromatic carbocycles. The number of hydrogen-bond acceptors (Lipinski definition) is 3. The second kappa shape index (κ2) is 6.98. The highest BCUT2D eigenvalue weighted by Gasteiger charge is 2.17.